The molecule has 3 atom stereocenters. The third-order valence-electron chi connectivity index (χ3n) is 5.57. The minimum absolute atomic E-state index is 0.128. The Balaban J connectivity index is 1.62. The number of rotatable bonds is 9. The smallest absolute Gasteiger partial charge is 0.252 e. The van der Waals surface area contributed by atoms with Gasteiger partial charge in [-0.15, -0.1) is 0 Å². The first-order valence-corrected chi connectivity index (χ1v) is 10.4. The van der Waals surface area contributed by atoms with Crippen LogP contribution >= 0.6 is 0 Å². The summed E-state index contributed by atoms with van der Waals surface area (Å²) < 4.78 is 6.14. The number of hydrogen-bond acceptors (Lipinski definition) is 3. The molecule has 1 fully saturated rings. The number of nitrogens with one attached hydrogen (secondary N) is 1. The van der Waals surface area contributed by atoms with E-state index in [1.165, 1.54) is 17.5 Å². The Morgan fingerprint density at radius 1 is 1.14 bits per heavy atom. The summed E-state index contributed by atoms with van der Waals surface area (Å²) in [5.41, 5.74) is 5.08. The highest BCUT2D eigenvalue weighted by Crippen LogP contribution is 2.31. The van der Waals surface area contributed by atoms with Crippen molar-refractivity contribution < 1.29 is 14.3 Å². The third kappa shape index (κ3) is 4.97. The van der Waals surface area contributed by atoms with Gasteiger partial charge in [-0.2, -0.15) is 0 Å². The van der Waals surface area contributed by atoms with E-state index in [2.05, 4.69) is 48.7 Å². The molecule has 0 spiro atoms. The highest BCUT2D eigenvalue weighted by atomic mass is 16.5. The highest BCUT2D eigenvalue weighted by Gasteiger charge is 2.47. The predicted octanol–water partition coefficient (Wildman–Crippen LogP) is 4.44. The molecule has 3 unspecified atom stereocenters. The van der Waals surface area contributed by atoms with Crippen molar-refractivity contribution in [2.24, 2.45) is 5.92 Å². The molecular formula is C24H30N2O3. The quantitative estimate of drug-likeness (QED) is 0.640. The van der Waals surface area contributed by atoms with E-state index in [1.807, 2.05) is 25.1 Å². The average molecular weight is 395 g/mol. The summed E-state index contributed by atoms with van der Waals surface area (Å²) in [5.74, 6) is 0.649. The van der Waals surface area contributed by atoms with Gasteiger partial charge in [0, 0.05) is 6.92 Å². The van der Waals surface area contributed by atoms with Crippen LogP contribution < -0.4 is 10.2 Å². The largest absolute Gasteiger partial charge is 0.468 e. The molecule has 0 saturated carbocycles. The van der Waals surface area contributed by atoms with Crippen molar-refractivity contribution in [3.8, 4) is 5.75 Å². The van der Waals surface area contributed by atoms with Gasteiger partial charge in [-0.25, -0.2) is 5.01 Å². The zero-order valence-corrected chi connectivity index (χ0v) is 17.4. The molecule has 5 nitrogen and oxygen atoms in total. The summed E-state index contributed by atoms with van der Waals surface area (Å²) in [4.78, 5) is 23.4. The molecule has 0 aliphatic carbocycles. The second kappa shape index (κ2) is 9.59. The Morgan fingerprint density at radius 2 is 1.83 bits per heavy atom. The lowest BCUT2D eigenvalue weighted by molar-refractivity contribution is -0.186. The first-order chi connectivity index (χ1) is 14.0. The lowest BCUT2D eigenvalue weighted by Crippen LogP contribution is -2.68. The maximum atomic E-state index is 12.0. The molecular weight excluding hydrogens is 364 g/mol. The Bertz CT molecular complexity index is 837. The van der Waals surface area contributed by atoms with Crippen LogP contribution in [0.25, 0.3) is 0 Å². The van der Waals surface area contributed by atoms with Gasteiger partial charge in [0.25, 0.3) is 5.91 Å². The first-order valence-electron chi connectivity index (χ1n) is 10.4. The summed E-state index contributed by atoms with van der Waals surface area (Å²) in [7, 11) is 0. The van der Waals surface area contributed by atoms with E-state index < -0.39 is 6.23 Å². The minimum Gasteiger partial charge on any atom is -0.468 e. The summed E-state index contributed by atoms with van der Waals surface area (Å²) in [5, 5.41) is 1.28. The molecule has 0 aromatic heterocycles. The predicted molar refractivity (Wildman–Crippen MR) is 113 cm³/mol. The van der Waals surface area contributed by atoms with Crippen LogP contribution in [-0.4, -0.2) is 23.1 Å². The van der Waals surface area contributed by atoms with Gasteiger partial charge in [0.2, 0.25) is 12.1 Å². The van der Waals surface area contributed by atoms with Crippen LogP contribution in [0.4, 0.5) is 0 Å². The number of hydrazine groups is 1. The van der Waals surface area contributed by atoms with Crippen LogP contribution in [0.3, 0.4) is 0 Å². The van der Waals surface area contributed by atoms with E-state index in [9.17, 15) is 9.59 Å². The van der Waals surface area contributed by atoms with Crippen molar-refractivity contribution in [2.75, 3.05) is 0 Å². The number of para-hydroxylation sites is 1. The van der Waals surface area contributed by atoms with E-state index in [0.717, 1.165) is 37.0 Å². The fourth-order valence-corrected chi connectivity index (χ4v) is 3.88. The van der Waals surface area contributed by atoms with Crippen LogP contribution in [0.5, 0.6) is 5.75 Å². The van der Waals surface area contributed by atoms with Crippen LogP contribution in [0.1, 0.15) is 57.1 Å². The Morgan fingerprint density at radius 3 is 2.52 bits per heavy atom. The summed E-state index contributed by atoms with van der Waals surface area (Å²) in [6.07, 6.45) is 3.73. The zero-order chi connectivity index (χ0) is 20.8. The second-order valence-corrected chi connectivity index (χ2v) is 7.69. The van der Waals surface area contributed by atoms with Crippen molar-refractivity contribution in [3.05, 3.63) is 65.7 Å². The first kappa shape index (κ1) is 20.9. The molecule has 0 bridgehead atoms. The average Bonchev–Trinajstić information content (AvgIpc) is 2.74. The zero-order valence-electron chi connectivity index (χ0n) is 17.4. The topological polar surface area (TPSA) is 58.6 Å². The maximum absolute atomic E-state index is 12.0. The third-order valence-corrected chi connectivity index (χ3v) is 5.57. The number of hydrogen-bond donors (Lipinski definition) is 1. The van der Waals surface area contributed by atoms with E-state index in [-0.39, 0.29) is 17.7 Å². The summed E-state index contributed by atoms with van der Waals surface area (Å²) in [6, 6.07) is 18.6. The number of ether oxygens (including phenoxy) is 1. The highest BCUT2D eigenvalue weighted by molar-refractivity contribution is 5.87. The summed E-state index contributed by atoms with van der Waals surface area (Å²) in [6.45, 7) is 5.44. The normalized spacial score (nSPS) is 19.4. The molecule has 1 N–H and O–H groups in total. The van der Waals surface area contributed by atoms with E-state index >= 15 is 0 Å². The van der Waals surface area contributed by atoms with Crippen molar-refractivity contribution in [3.63, 3.8) is 0 Å². The second-order valence-electron chi connectivity index (χ2n) is 7.69. The molecule has 1 aliphatic rings. The fraction of sp³-hybridized carbons (Fsp3) is 0.417. The van der Waals surface area contributed by atoms with Crippen LogP contribution in [0.2, 0.25) is 0 Å². The molecule has 1 saturated heterocycles. The van der Waals surface area contributed by atoms with Gasteiger partial charge in [-0.05, 0) is 55.7 Å². The number of β-lactam (4-membered cyclic amide) rings is 1. The Labute approximate surface area is 173 Å². The Hall–Kier alpha value is -2.82. The molecule has 2 amide bonds. The number of nitrogens with zero attached hydrogens (tertiary/aromatic N) is 1. The van der Waals surface area contributed by atoms with Crippen molar-refractivity contribution >= 4 is 11.8 Å². The molecule has 2 aromatic rings. The van der Waals surface area contributed by atoms with Gasteiger partial charge in [-0.3, -0.25) is 15.0 Å². The van der Waals surface area contributed by atoms with Gasteiger partial charge >= 0.3 is 0 Å². The monoisotopic (exact) mass is 394 g/mol. The van der Waals surface area contributed by atoms with Gasteiger partial charge < -0.3 is 4.74 Å². The number of amides is 2. The SMILES string of the molecule is CCC(CCCc1ccccc1OC1C(C)C(=O)N1NC(C)=O)c1ccccc1. The lowest BCUT2D eigenvalue weighted by atomic mass is 9.90. The van der Waals surface area contributed by atoms with Crippen molar-refractivity contribution in [1.29, 1.82) is 0 Å². The van der Waals surface area contributed by atoms with Gasteiger partial charge in [0.15, 0.2) is 0 Å². The van der Waals surface area contributed by atoms with E-state index in [0.29, 0.717) is 5.92 Å². The van der Waals surface area contributed by atoms with Gasteiger partial charge in [0.1, 0.15) is 5.75 Å². The standard InChI is InChI=1S/C24H30N2O3/c1-4-19(20-11-6-5-7-12-20)14-10-15-21-13-8-9-16-22(21)29-24-17(2)23(28)26(24)25-18(3)27/h5-9,11-13,16-17,19,24H,4,10,14-15H2,1-3H3,(H,25,27). The molecule has 0 radical (unpaired) electrons. The number of carbonyl (C=O) groups is 2. The van der Waals surface area contributed by atoms with Gasteiger partial charge in [0.05, 0.1) is 5.92 Å². The lowest BCUT2D eigenvalue weighted by Gasteiger charge is -2.44. The molecule has 154 valence electrons. The molecule has 29 heavy (non-hydrogen) atoms. The van der Waals surface area contributed by atoms with Gasteiger partial charge in [-0.1, -0.05) is 55.5 Å². The molecule has 1 heterocycles. The molecule has 3 rings (SSSR count). The molecule has 2 aromatic carbocycles. The maximum Gasteiger partial charge on any atom is 0.252 e. The van der Waals surface area contributed by atoms with Crippen molar-refractivity contribution in [1.82, 2.24) is 10.4 Å². The van der Waals surface area contributed by atoms with E-state index in [4.69, 9.17) is 4.74 Å². The van der Waals surface area contributed by atoms with Crippen LogP contribution in [0.15, 0.2) is 54.6 Å². The minimum atomic E-state index is -0.472. The van der Waals surface area contributed by atoms with Crippen LogP contribution in [-0.2, 0) is 16.0 Å². The molecule has 1 aliphatic heterocycles. The molecule has 5 heteroatoms. The number of carbonyl (C=O) groups excluding carboxylic acids is 2. The summed E-state index contributed by atoms with van der Waals surface area (Å²) >= 11 is 0. The number of aryl methyl sites for hydroxylation is 1. The number of benzene rings is 2. The van der Waals surface area contributed by atoms with E-state index in [1.54, 1.807) is 0 Å². The van der Waals surface area contributed by atoms with Crippen molar-refractivity contribution in [2.45, 2.75) is 58.6 Å². The Kier molecular flexibility index (Phi) is 6.91. The fourth-order valence-electron chi connectivity index (χ4n) is 3.88. The van der Waals surface area contributed by atoms with Crippen LogP contribution in [0, 0.1) is 5.92 Å².